The summed E-state index contributed by atoms with van der Waals surface area (Å²) in [6.07, 6.45) is -52.8. The minimum atomic E-state index is -3.85. The molecule has 5 aliphatic heterocycles. The summed E-state index contributed by atoms with van der Waals surface area (Å²) in [5.74, 6) is 0. The van der Waals surface area contributed by atoms with Crippen molar-refractivity contribution in [1.29, 1.82) is 0 Å². The Balaban J connectivity index is 1.88. The van der Waals surface area contributed by atoms with Crippen molar-refractivity contribution in [3.63, 3.8) is 0 Å². The van der Waals surface area contributed by atoms with E-state index in [1.165, 1.54) is 0 Å². The van der Waals surface area contributed by atoms with Gasteiger partial charge in [0.2, 0.25) is 0 Å². The SMILES string of the molecule is OC[C@H]1OC([C@@]2(OC3O[C@H](CO)[C@@H](O)[C@@H](O)[C@H]3O)[C](C3O[C@H](CO)[C@@H](O)[C@H](O)[C@@H]3O)O[C@H](CO)[C@H](O)[C@@]2(O)C2O[C@H](CO)[C@@H](O)[C@H](O)[C@H]2O)[C@H](O)[C@@H](O)[C@H]1O. The van der Waals surface area contributed by atoms with Crippen molar-refractivity contribution in [3.8, 4) is 0 Å². The molecular weight excluding hydrogens is 760 g/mol. The van der Waals surface area contributed by atoms with Crippen LogP contribution in [0.5, 0.6) is 0 Å². The summed E-state index contributed by atoms with van der Waals surface area (Å²) in [6, 6.07) is 0. The standard InChI is InChI=1S/C30H51O25/c31-1-6-11(36)15(40)19(44)23(50-6)27-30(26-21(46)17(42)13(38)8(3-33)52-26,55-28-22(47)18(43)14(39)9(4-34)54-28)29(49,24(48)10(5-35)53-27)25-20(45)16(41)12(37)7(2-32)51-25/h6-26,28,31-49H,1-5H2/t6-,7-,8-,9-,10-,11-,12-,13+,14-,15+,16+,17+,18-,19+,20-,21-,22-,23?,24+,25?,26?,28?,29-,30-/m1/s1. The summed E-state index contributed by atoms with van der Waals surface area (Å²) in [7, 11) is 0. The lowest BCUT2D eigenvalue weighted by Crippen LogP contribution is -2.88. The molecule has 24 atom stereocenters. The Bertz CT molecular complexity index is 1250. The van der Waals surface area contributed by atoms with E-state index in [4.69, 9.17) is 28.4 Å². The van der Waals surface area contributed by atoms with Crippen molar-refractivity contribution in [2.24, 2.45) is 0 Å². The van der Waals surface area contributed by atoms with E-state index in [2.05, 4.69) is 0 Å². The van der Waals surface area contributed by atoms with Crippen molar-refractivity contribution in [2.45, 2.75) is 146 Å². The first-order valence-electron chi connectivity index (χ1n) is 17.3. The van der Waals surface area contributed by atoms with E-state index in [1.54, 1.807) is 0 Å². The zero-order valence-corrected chi connectivity index (χ0v) is 28.7. The summed E-state index contributed by atoms with van der Waals surface area (Å²) >= 11 is 0. The number of aliphatic hydroxyl groups is 19. The van der Waals surface area contributed by atoms with Crippen molar-refractivity contribution in [2.75, 3.05) is 33.0 Å². The van der Waals surface area contributed by atoms with Gasteiger partial charge in [-0.2, -0.15) is 0 Å². The molecule has 55 heavy (non-hydrogen) atoms. The lowest BCUT2D eigenvalue weighted by molar-refractivity contribution is -0.437. The van der Waals surface area contributed by atoms with E-state index in [0.29, 0.717) is 0 Å². The first kappa shape index (κ1) is 45.1. The molecular formula is C30H51O25. The fraction of sp³-hybridized carbons (Fsp3) is 0.967. The second-order valence-corrected chi connectivity index (χ2v) is 14.3. The summed E-state index contributed by atoms with van der Waals surface area (Å²) in [4.78, 5) is 0. The molecule has 0 aromatic heterocycles. The van der Waals surface area contributed by atoms with Crippen molar-refractivity contribution in [1.82, 2.24) is 0 Å². The van der Waals surface area contributed by atoms with Gasteiger partial charge >= 0.3 is 0 Å². The third-order valence-electron chi connectivity index (χ3n) is 11.1. The monoisotopic (exact) mass is 811 g/mol. The van der Waals surface area contributed by atoms with Gasteiger partial charge in [0.25, 0.3) is 0 Å². The molecule has 0 aromatic carbocycles. The smallest absolute Gasteiger partial charge is 0.187 e. The zero-order valence-electron chi connectivity index (χ0n) is 28.7. The lowest BCUT2D eigenvalue weighted by Gasteiger charge is -2.66. The quantitative estimate of drug-likeness (QED) is 0.0973. The molecule has 0 spiro atoms. The molecule has 0 saturated carbocycles. The van der Waals surface area contributed by atoms with Crippen molar-refractivity contribution in [3.05, 3.63) is 6.10 Å². The van der Waals surface area contributed by atoms with E-state index < -0.39 is 185 Å². The molecule has 5 rings (SSSR count). The normalized spacial score (nSPS) is 55.7. The highest BCUT2D eigenvalue weighted by Gasteiger charge is 2.80. The average Bonchev–Trinajstić information content (AvgIpc) is 3.17. The third kappa shape index (κ3) is 7.13. The largest absolute Gasteiger partial charge is 0.394 e. The summed E-state index contributed by atoms with van der Waals surface area (Å²) < 4.78 is 34.6. The topological polar surface area (TPSA) is 440 Å². The Kier molecular flexibility index (Phi) is 14.2. The molecule has 5 aliphatic rings. The number of aliphatic hydroxyl groups excluding tert-OH is 18. The van der Waals surface area contributed by atoms with Crippen LogP contribution in [0.3, 0.4) is 0 Å². The Morgan fingerprint density at radius 3 is 1.27 bits per heavy atom. The van der Waals surface area contributed by atoms with E-state index in [9.17, 15) is 97.0 Å². The highest BCUT2D eigenvalue weighted by atomic mass is 16.7. The Morgan fingerprint density at radius 2 is 0.800 bits per heavy atom. The van der Waals surface area contributed by atoms with Crippen LogP contribution in [-0.2, 0) is 28.4 Å². The number of rotatable bonds is 10. The predicted molar refractivity (Wildman–Crippen MR) is 165 cm³/mol. The fourth-order valence-electron chi connectivity index (χ4n) is 7.97. The van der Waals surface area contributed by atoms with E-state index in [1.807, 2.05) is 0 Å². The molecule has 5 saturated heterocycles. The molecule has 0 aliphatic carbocycles. The van der Waals surface area contributed by atoms with Gasteiger partial charge in [-0.3, -0.25) is 0 Å². The average molecular weight is 812 g/mol. The minimum absolute atomic E-state index is 1.12. The van der Waals surface area contributed by atoms with Crippen LogP contribution in [0.15, 0.2) is 0 Å². The fourth-order valence-corrected chi connectivity index (χ4v) is 7.97. The highest BCUT2D eigenvalue weighted by molar-refractivity contribution is 5.33. The molecule has 321 valence electrons. The second kappa shape index (κ2) is 17.3. The van der Waals surface area contributed by atoms with Gasteiger partial charge in [-0.15, -0.1) is 0 Å². The number of hydrogen-bond donors (Lipinski definition) is 19. The molecule has 4 unspecified atom stereocenters. The van der Waals surface area contributed by atoms with Crippen LogP contribution >= 0.6 is 0 Å². The molecule has 25 nitrogen and oxygen atoms in total. The first-order valence-corrected chi connectivity index (χ1v) is 17.3. The van der Waals surface area contributed by atoms with Crippen molar-refractivity contribution >= 4 is 0 Å². The van der Waals surface area contributed by atoms with E-state index in [0.717, 1.165) is 0 Å². The van der Waals surface area contributed by atoms with Gasteiger partial charge in [0.15, 0.2) is 23.6 Å². The molecule has 0 bridgehead atoms. The van der Waals surface area contributed by atoms with Gasteiger partial charge in [0, 0.05) is 0 Å². The molecule has 0 aromatic rings. The number of hydrogen-bond acceptors (Lipinski definition) is 25. The van der Waals surface area contributed by atoms with Gasteiger partial charge in [0.1, 0.15) is 128 Å². The first-order chi connectivity index (χ1) is 25.8. The second-order valence-electron chi connectivity index (χ2n) is 14.3. The Morgan fingerprint density at radius 1 is 0.418 bits per heavy atom. The summed E-state index contributed by atoms with van der Waals surface area (Å²) in [6.45, 7) is -5.99. The maximum Gasteiger partial charge on any atom is 0.187 e. The Hall–Kier alpha value is -1.00. The van der Waals surface area contributed by atoms with Crippen molar-refractivity contribution < 1.29 is 125 Å². The van der Waals surface area contributed by atoms with Gasteiger partial charge < -0.3 is 125 Å². The van der Waals surface area contributed by atoms with Crippen LogP contribution in [0.1, 0.15) is 0 Å². The van der Waals surface area contributed by atoms with Gasteiger partial charge in [-0.25, -0.2) is 0 Å². The zero-order chi connectivity index (χ0) is 41.1. The van der Waals surface area contributed by atoms with E-state index >= 15 is 0 Å². The van der Waals surface area contributed by atoms with Gasteiger partial charge in [-0.05, 0) is 0 Å². The molecule has 1 radical (unpaired) electrons. The van der Waals surface area contributed by atoms with E-state index in [-0.39, 0.29) is 0 Å². The molecule has 5 heterocycles. The van der Waals surface area contributed by atoms with Crippen LogP contribution in [0.2, 0.25) is 0 Å². The van der Waals surface area contributed by atoms with Crippen LogP contribution in [0.25, 0.3) is 0 Å². The van der Waals surface area contributed by atoms with Crippen LogP contribution in [-0.4, -0.2) is 276 Å². The number of ether oxygens (including phenoxy) is 6. The maximum absolute atomic E-state index is 13.3. The molecule has 25 heteroatoms. The lowest BCUT2D eigenvalue weighted by atomic mass is 9.59. The van der Waals surface area contributed by atoms with Gasteiger partial charge in [-0.1, -0.05) is 0 Å². The summed E-state index contributed by atoms with van der Waals surface area (Å²) in [5.41, 5.74) is -7.62. The minimum Gasteiger partial charge on any atom is -0.394 e. The van der Waals surface area contributed by atoms with Gasteiger partial charge in [0.05, 0.1) is 33.0 Å². The third-order valence-corrected chi connectivity index (χ3v) is 11.1. The van der Waals surface area contributed by atoms with Crippen LogP contribution in [0.4, 0.5) is 0 Å². The summed E-state index contributed by atoms with van der Waals surface area (Å²) in [5, 5.41) is 208. The highest BCUT2D eigenvalue weighted by Crippen LogP contribution is 2.57. The molecule has 5 fully saturated rings. The maximum atomic E-state index is 13.3. The molecule has 0 amide bonds. The van der Waals surface area contributed by atoms with Crippen LogP contribution < -0.4 is 0 Å². The van der Waals surface area contributed by atoms with Crippen LogP contribution in [0, 0.1) is 6.10 Å². The Labute approximate surface area is 310 Å². The molecule has 19 N–H and O–H groups in total. The predicted octanol–water partition coefficient (Wildman–Crippen LogP) is -12.9.